The third-order valence-electron chi connectivity index (χ3n) is 5.41. The summed E-state index contributed by atoms with van der Waals surface area (Å²) in [5, 5.41) is 20.4. The van der Waals surface area contributed by atoms with Crippen molar-refractivity contribution in [3.05, 3.63) is 70.3 Å². The number of benzene rings is 2. The second kappa shape index (κ2) is 11.7. The van der Waals surface area contributed by atoms with E-state index in [4.69, 9.17) is 0 Å². The summed E-state index contributed by atoms with van der Waals surface area (Å²) in [5.74, 6) is 1.16. The zero-order chi connectivity index (χ0) is 22.8. The van der Waals surface area contributed by atoms with Gasteiger partial charge in [-0.3, -0.25) is 19.9 Å². The highest BCUT2D eigenvalue weighted by atomic mass is 16.6. The average Bonchev–Trinajstić information content (AvgIpc) is 3.17. The smallest absolute Gasteiger partial charge is 0.269 e. The van der Waals surface area contributed by atoms with E-state index in [1.807, 2.05) is 23.1 Å². The summed E-state index contributed by atoms with van der Waals surface area (Å²) in [4.78, 5) is 28.8. The van der Waals surface area contributed by atoms with Crippen LogP contribution in [0.15, 0.2) is 59.6 Å². The fourth-order valence-electron chi connectivity index (χ4n) is 3.67. The summed E-state index contributed by atoms with van der Waals surface area (Å²) >= 11 is 0. The first-order valence-electron chi connectivity index (χ1n) is 10.8. The molecule has 0 bridgehead atoms. The highest BCUT2D eigenvalue weighted by Crippen LogP contribution is 2.18. The number of hydrogen-bond acceptors (Lipinski definition) is 5. The van der Waals surface area contributed by atoms with Crippen molar-refractivity contribution < 1.29 is 9.72 Å². The number of guanidine groups is 1. The van der Waals surface area contributed by atoms with Gasteiger partial charge in [-0.15, -0.1) is 0 Å². The molecule has 0 aliphatic carbocycles. The van der Waals surface area contributed by atoms with E-state index in [-0.39, 0.29) is 17.5 Å². The quantitative estimate of drug-likeness (QED) is 0.172. The standard InChI is InChI=1S/C23H30N6O3/c1-24-23(26-13-12-25-20-7-9-21(10-8-20)29(31)32)27-16-19-15-22(30)28(17-19)14-11-18-5-3-2-4-6-18/h2-10,19,25H,11-17H2,1H3,(H2,24,26,27). The predicted octanol–water partition coefficient (Wildman–Crippen LogP) is 2.26. The molecule has 2 aromatic rings. The number of non-ortho nitro benzene ring substituents is 1. The molecule has 1 aliphatic rings. The Morgan fingerprint density at radius 2 is 1.88 bits per heavy atom. The second-order valence-electron chi connectivity index (χ2n) is 7.76. The van der Waals surface area contributed by atoms with Crippen LogP contribution in [0, 0.1) is 16.0 Å². The maximum atomic E-state index is 12.3. The van der Waals surface area contributed by atoms with Crippen LogP contribution in [0.2, 0.25) is 0 Å². The molecule has 3 N–H and O–H groups in total. The number of aliphatic imine (C=N–C) groups is 1. The average molecular weight is 439 g/mol. The topological polar surface area (TPSA) is 112 Å². The van der Waals surface area contributed by atoms with Gasteiger partial charge in [-0.25, -0.2) is 0 Å². The van der Waals surface area contributed by atoms with Crippen LogP contribution in [-0.2, 0) is 11.2 Å². The maximum Gasteiger partial charge on any atom is 0.269 e. The number of likely N-dealkylation sites (tertiary alicyclic amines) is 1. The summed E-state index contributed by atoms with van der Waals surface area (Å²) in [6.45, 7) is 3.46. The molecule has 9 heteroatoms. The molecular weight excluding hydrogens is 408 g/mol. The summed E-state index contributed by atoms with van der Waals surface area (Å²) in [5.41, 5.74) is 2.14. The fraction of sp³-hybridized carbons (Fsp3) is 0.391. The predicted molar refractivity (Wildman–Crippen MR) is 126 cm³/mol. The molecule has 0 saturated carbocycles. The maximum absolute atomic E-state index is 12.3. The fourth-order valence-corrected chi connectivity index (χ4v) is 3.67. The third-order valence-corrected chi connectivity index (χ3v) is 5.41. The Morgan fingerprint density at radius 3 is 2.56 bits per heavy atom. The monoisotopic (exact) mass is 438 g/mol. The number of nitro benzene ring substituents is 1. The molecule has 1 fully saturated rings. The van der Waals surface area contributed by atoms with E-state index in [0.717, 1.165) is 25.2 Å². The summed E-state index contributed by atoms with van der Waals surface area (Å²) in [7, 11) is 1.71. The largest absolute Gasteiger partial charge is 0.383 e. The molecular formula is C23H30N6O3. The van der Waals surface area contributed by atoms with Gasteiger partial charge in [0.1, 0.15) is 0 Å². The van der Waals surface area contributed by atoms with E-state index >= 15 is 0 Å². The van der Waals surface area contributed by atoms with Gasteiger partial charge in [0, 0.05) is 69.9 Å². The molecule has 9 nitrogen and oxygen atoms in total. The minimum atomic E-state index is -0.415. The Bertz CT molecular complexity index is 917. The molecule has 1 amide bonds. The first-order chi connectivity index (χ1) is 15.5. The van der Waals surface area contributed by atoms with E-state index in [9.17, 15) is 14.9 Å². The highest BCUT2D eigenvalue weighted by Gasteiger charge is 2.29. The minimum Gasteiger partial charge on any atom is -0.383 e. The van der Waals surface area contributed by atoms with Crippen molar-refractivity contribution in [1.82, 2.24) is 15.5 Å². The van der Waals surface area contributed by atoms with Crippen LogP contribution in [0.4, 0.5) is 11.4 Å². The van der Waals surface area contributed by atoms with Crippen molar-refractivity contribution in [2.45, 2.75) is 12.8 Å². The normalized spacial score (nSPS) is 16.2. The number of hydrogen-bond donors (Lipinski definition) is 3. The molecule has 1 unspecified atom stereocenters. The van der Waals surface area contributed by atoms with Gasteiger partial charge in [-0.2, -0.15) is 0 Å². The van der Waals surface area contributed by atoms with Crippen molar-refractivity contribution in [2.75, 3.05) is 45.1 Å². The Balaban J connectivity index is 1.33. The zero-order valence-electron chi connectivity index (χ0n) is 18.3. The molecule has 3 rings (SSSR count). The molecule has 0 aromatic heterocycles. The second-order valence-corrected chi connectivity index (χ2v) is 7.76. The number of amides is 1. The van der Waals surface area contributed by atoms with Gasteiger partial charge in [0.05, 0.1) is 4.92 Å². The van der Waals surface area contributed by atoms with Crippen molar-refractivity contribution in [3.63, 3.8) is 0 Å². The number of anilines is 1. The van der Waals surface area contributed by atoms with Gasteiger partial charge in [0.2, 0.25) is 5.91 Å². The number of nitro groups is 1. The lowest BCUT2D eigenvalue weighted by molar-refractivity contribution is -0.384. The van der Waals surface area contributed by atoms with Crippen LogP contribution in [0.1, 0.15) is 12.0 Å². The van der Waals surface area contributed by atoms with Crippen molar-refractivity contribution >= 4 is 23.2 Å². The number of carbonyl (C=O) groups is 1. The molecule has 1 heterocycles. The van der Waals surface area contributed by atoms with Crippen LogP contribution in [0.25, 0.3) is 0 Å². The number of carbonyl (C=O) groups excluding carboxylic acids is 1. The summed E-state index contributed by atoms with van der Waals surface area (Å²) < 4.78 is 0. The lowest BCUT2D eigenvalue weighted by Gasteiger charge is -2.18. The van der Waals surface area contributed by atoms with Crippen LogP contribution >= 0.6 is 0 Å². The molecule has 0 spiro atoms. The molecule has 1 aliphatic heterocycles. The number of nitrogens with one attached hydrogen (secondary N) is 3. The Morgan fingerprint density at radius 1 is 1.12 bits per heavy atom. The van der Waals surface area contributed by atoms with Gasteiger partial charge >= 0.3 is 0 Å². The first-order valence-corrected chi connectivity index (χ1v) is 10.8. The van der Waals surface area contributed by atoms with Crippen LogP contribution in [0.3, 0.4) is 0 Å². The van der Waals surface area contributed by atoms with Gasteiger partial charge in [-0.1, -0.05) is 30.3 Å². The van der Waals surface area contributed by atoms with Gasteiger partial charge in [0.25, 0.3) is 5.69 Å². The molecule has 170 valence electrons. The Labute approximate surface area is 188 Å². The molecule has 2 aromatic carbocycles. The lowest BCUT2D eigenvalue weighted by Crippen LogP contribution is -2.42. The van der Waals surface area contributed by atoms with Gasteiger partial charge in [0.15, 0.2) is 5.96 Å². The van der Waals surface area contributed by atoms with E-state index in [0.29, 0.717) is 32.0 Å². The van der Waals surface area contributed by atoms with Crippen molar-refractivity contribution in [3.8, 4) is 0 Å². The summed E-state index contributed by atoms with van der Waals surface area (Å²) in [6, 6.07) is 16.5. The van der Waals surface area contributed by atoms with Gasteiger partial charge in [-0.05, 0) is 24.1 Å². The zero-order valence-corrected chi connectivity index (χ0v) is 18.3. The number of nitrogens with zero attached hydrogens (tertiary/aromatic N) is 3. The SMILES string of the molecule is CN=C(NCCNc1ccc([N+](=O)[O-])cc1)NCC1CC(=O)N(CCc2ccccc2)C1. The van der Waals surface area contributed by atoms with Gasteiger partial charge < -0.3 is 20.9 Å². The van der Waals surface area contributed by atoms with E-state index in [1.165, 1.54) is 17.7 Å². The van der Waals surface area contributed by atoms with E-state index in [2.05, 4.69) is 33.1 Å². The van der Waals surface area contributed by atoms with Crippen LogP contribution in [0.5, 0.6) is 0 Å². The number of rotatable bonds is 10. The van der Waals surface area contributed by atoms with Crippen molar-refractivity contribution in [2.24, 2.45) is 10.9 Å². The highest BCUT2D eigenvalue weighted by molar-refractivity contribution is 5.80. The minimum absolute atomic E-state index is 0.0716. The molecule has 0 radical (unpaired) electrons. The van der Waals surface area contributed by atoms with Crippen LogP contribution < -0.4 is 16.0 Å². The third kappa shape index (κ3) is 6.97. The van der Waals surface area contributed by atoms with E-state index in [1.54, 1.807) is 19.2 Å². The van der Waals surface area contributed by atoms with Crippen molar-refractivity contribution in [1.29, 1.82) is 0 Å². The van der Waals surface area contributed by atoms with Crippen LogP contribution in [-0.4, -0.2) is 61.5 Å². The Hall–Kier alpha value is -3.62. The summed E-state index contributed by atoms with van der Waals surface area (Å²) in [6.07, 6.45) is 1.43. The molecule has 32 heavy (non-hydrogen) atoms. The first kappa shape index (κ1) is 23.1. The Kier molecular flexibility index (Phi) is 8.42. The lowest BCUT2D eigenvalue weighted by atomic mass is 10.1. The molecule has 1 atom stereocenters. The molecule has 1 saturated heterocycles. The van der Waals surface area contributed by atoms with E-state index < -0.39 is 4.92 Å².